The summed E-state index contributed by atoms with van der Waals surface area (Å²) in [6.45, 7) is 0.555. The number of nitrogens with one attached hydrogen (secondary N) is 2. The third-order valence-electron chi connectivity index (χ3n) is 3.72. The largest absolute Gasteiger partial charge is 0.351 e. The average molecular weight is 313 g/mol. The monoisotopic (exact) mass is 312 g/mol. The van der Waals surface area contributed by atoms with Crippen molar-refractivity contribution >= 4 is 35.7 Å². The number of amides is 3. The number of anilines is 2. The van der Waals surface area contributed by atoms with Crippen LogP contribution in [-0.2, 0) is 4.79 Å². The first kappa shape index (κ1) is 17.3. The molecule has 0 bridgehead atoms. The Labute approximate surface area is 130 Å². The molecule has 1 aliphatic carbocycles. The highest BCUT2D eigenvalue weighted by Gasteiger charge is 2.31. The van der Waals surface area contributed by atoms with Gasteiger partial charge < -0.3 is 22.1 Å². The third-order valence-corrected chi connectivity index (χ3v) is 3.72. The fourth-order valence-corrected chi connectivity index (χ4v) is 2.68. The van der Waals surface area contributed by atoms with Gasteiger partial charge in [0.25, 0.3) is 0 Å². The maximum Gasteiger partial charge on any atom is 0.316 e. The Balaban J connectivity index is 0.00000220. The zero-order valence-electron chi connectivity index (χ0n) is 11.7. The van der Waals surface area contributed by atoms with Crippen molar-refractivity contribution in [2.75, 3.05) is 17.2 Å². The summed E-state index contributed by atoms with van der Waals surface area (Å²) < 4.78 is 0. The van der Waals surface area contributed by atoms with Crippen molar-refractivity contribution in [3.8, 4) is 0 Å². The first-order valence-electron chi connectivity index (χ1n) is 6.77. The highest BCUT2D eigenvalue weighted by atomic mass is 35.5. The number of hydrogen-bond acceptors (Lipinski definition) is 3. The Hall–Kier alpha value is -1.79. The second-order valence-electron chi connectivity index (χ2n) is 5.09. The van der Waals surface area contributed by atoms with Crippen LogP contribution in [0.15, 0.2) is 24.3 Å². The van der Waals surface area contributed by atoms with E-state index in [-0.39, 0.29) is 30.2 Å². The van der Waals surface area contributed by atoms with E-state index in [0.29, 0.717) is 17.9 Å². The molecule has 0 heterocycles. The maximum absolute atomic E-state index is 12.2. The van der Waals surface area contributed by atoms with E-state index in [2.05, 4.69) is 10.6 Å². The summed E-state index contributed by atoms with van der Waals surface area (Å²) in [5.74, 6) is 0.308. The Kier molecular flexibility index (Phi) is 6.45. The summed E-state index contributed by atoms with van der Waals surface area (Å²) in [6, 6.07) is 6.23. The third kappa shape index (κ3) is 4.61. The molecule has 116 valence electrons. The standard InChI is InChI=1S/C14H20N4O2.ClH/c15-8-9-2-1-3-12(9)13(19)17-10-4-6-11(7-5-10)18-14(16)20;/h4-7,9,12H,1-3,8,15H2,(H,17,19)(H3,16,18,20);1H/t9-,12-;/m1./s1. The van der Waals surface area contributed by atoms with Gasteiger partial charge in [-0.15, -0.1) is 12.4 Å². The lowest BCUT2D eigenvalue weighted by atomic mass is 9.95. The molecule has 1 aromatic carbocycles. The summed E-state index contributed by atoms with van der Waals surface area (Å²) in [4.78, 5) is 22.9. The van der Waals surface area contributed by atoms with Crippen molar-refractivity contribution in [2.24, 2.45) is 23.3 Å². The topological polar surface area (TPSA) is 110 Å². The molecule has 0 spiro atoms. The van der Waals surface area contributed by atoms with Crippen LogP contribution >= 0.6 is 12.4 Å². The van der Waals surface area contributed by atoms with Gasteiger partial charge in [-0.05, 0) is 49.6 Å². The molecule has 0 aromatic heterocycles. The van der Waals surface area contributed by atoms with Gasteiger partial charge in [0.15, 0.2) is 0 Å². The fraction of sp³-hybridized carbons (Fsp3) is 0.429. The molecule has 6 N–H and O–H groups in total. The number of hydrogen-bond donors (Lipinski definition) is 4. The van der Waals surface area contributed by atoms with Crippen LogP contribution < -0.4 is 22.1 Å². The summed E-state index contributed by atoms with van der Waals surface area (Å²) >= 11 is 0. The Bertz CT molecular complexity index is 492. The van der Waals surface area contributed by atoms with Gasteiger partial charge in [0.2, 0.25) is 5.91 Å². The first-order valence-corrected chi connectivity index (χ1v) is 6.77. The molecule has 3 amide bonds. The number of halogens is 1. The van der Waals surface area contributed by atoms with Crippen molar-refractivity contribution in [2.45, 2.75) is 19.3 Å². The number of rotatable bonds is 4. The first-order chi connectivity index (χ1) is 9.60. The van der Waals surface area contributed by atoms with Crippen molar-refractivity contribution in [1.29, 1.82) is 0 Å². The highest BCUT2D eigenvalue weighted by Crippen LogP contribution is 2.31. The van der Waals surface area contributed by atoms with E-state index in [9.17, 15) is 9.59 Å². The fourth-order valence-electron chi connectivity index (χ4n) is 2.68. The van der Waals surface area contributed by atoms with Crippen molar-refractivity contribution in [3.05, 3.63) is 24.3 Å². The van der Waals surface area contributed by atoms with Crippen LogP contribution in [0.5, 0.6) is 0 Å². The predicted molar refractivity (Wildman–Crippen MR) is 85.4 cm³/mol. The van der Waals surface area contributed by atoms with Crippen LogP contribution in [0.2, 0.25) is 0 Å². The summed E-state index contributed by atoms with van der Waals surface area (Å²) in [5.41, 5.74) is 12.0. The molecule has 0 aliphatic heterocycles. The lowest BCUT2D eigenvalue weighted by molar-refractivity contribution is -0.120. The number of carbonyl (C=O) groups is 2. The van der Waals surface area contributed by atoms with Crippen LogP contribution in [-0.4, -0.2) is 18.5 Å². The molecule has 21 heavy (non-hydrogen) atoms. The van der Waals surface area contributed by atoms with E-state index < -0.39 is 6.03 Å². The van der Waals surface area contributed by atoms with Gasteiger partial charge in [-0.25, -0.2) is 4.79 Å². The van der Waals surface area contributed by atoms with Gasteiger partial charge in [-0.1, -0.05) is 6.42 Å². The molecule has 1 fully saturated rings. The van der Waals surface area contributed by atoms with Gasteiger partial charge in [-0.2, -0.15) is 0 Å². The van der Waals surface area contributed by atoms with E-state index in [1.807, 2.05) is 0 Å². The number of urea groups is 1. The SMILES string of the molecule is Cl.NC[C@H]1CCC[C@H]1C(=O)Nc1ccc(NC(N)=O)cc1. The minimum Gasteiger partial charge on any atom is -0.351 e. The molecule has 7 heteroatoms. The Morgan fingerprint density at radius 2 is 1.67 bits per heavy atom. The minimum atomic E-state index is -0.612. The average Bonchev–Trinajstić information content (AvgIpc) is 2.89. The second-order valence-corrected chi connectivity index (χ2v) is 5.09. The number of carbonyl (C=O) groups excluding carboxylic acids is 2. The van der Waals surface area contributed by atoms with Gasteiger partial charge in [0.1, 0.15) is 0 Å². The van der Waals surface area contributed by atoms with E-state index in [0.717, 1.165) is 19.3 Å². The zero-order chi connectivity index (χ0) is 14.5. The molecule has 1 saturated carbocycles. The Morgan fingerprint density at radius 1 is 1.10 bits per heavy atom. The second kappa shape index (κ2) is 7.85. The van der Waals surface area contributed by atoms with Gasteiger partial charge in [0.05, 0.1) is 0 Å². The molecule has 0 radical (unpaired) electrons. The molecule has 2 rings (SSSR count). The lowest BCUT2D eigenvalue weighted by Crippen LogP contribution is -2.29. The summed E-state index contributed by atoms with van der Waals surface area (Å²) in [5, 5.41) is 5.36. The van der Waals surface area contributed by atoms with E-state index in [1.165, 1.54) is 0 Å². The van der Waals surface area contributed by atoms with Crippen molar-refractivity contribution < 1.29 is 9.59 Å². The predicted octanol–water partition coefficient (Wildman–Crippen LogP) is 1.91. The molecule has 0 unspecified atom stereocenters. The molecule has 1 aliphatic rings. The smallest absolute Gasteiger partial charge is 0.316 e. The number of benzene rings is 1. The van der Waals surface area contributed by atoms with Gasteiger partial charge in [-0.3, -0.25) is 4.79 Å². The molecule has 2 atom stereocenters. The molecule has 6 nitrogen and oxygen atoms in total. The van der Waals surface area contributed by atoms with E-state index in [1.54, 1.807) is 24.3 Å². The minimum absolute atomic E-state index is 0. The summed E-state index contributed by atoms with van der Waals surface area (Å²) in [7, 11) is 0. The van der Waals surface area contributed by atoms with Gasteiger partial charge in [0, 0.05) is 17.3 Å². The maximum atomic E-state index is 12.2. The number of nitrogens with two attached hydrogens (primary N) is 2. The van der Waals surface area contributed by atoms with Crippen molar-refractivity contribution in [3.63, 3.8) is 0 Å². The molecule has 0 saturated heterocycles. The van der Waals surface area contributed by atoms with E-state index >= 15 is 0 Å². The van der Waals surface area contributed by atoms with Gasteiger partial charge >= 0.3 is 6.03 Å². The van der Waals surface area contributed by atoms with Crippen LogP contribution in [0, 0.1) is 11.8 Å². The van der Waals surface area contributed by atoms with Crippen molar-refractivity contribution in [1.82, 2.24) is 0 Å². The number of primary amides is 1. The highest BCUT2D eigenvalue weighted by molar-refractivity contribution is 5.93. The normalized spacial score (nSPS) is 20.4. The van der Waals surface area contributed by atoms with Crippen LogP contribution in [0.3, 0.4) is 0 Å². The molecular formula is C14H21ClN4O2. The van der Waals surface area contributed by atoms with Crippen LogP contribution in [0.25, 0.3) is 0 Å². The van der Waals surface area contributed by atoms with Crippen LogP contribution in [0.4, 0.5) is 16.2 Å². The molecular weight excluding hydrogens is 292 g/mol. The molecule has 1 aromatic rings. The summed E-state index contributed by atoms with van der Waals surface area (Å²) in [6.07, 6.45) is 2.98. The van der Waals surface area contributed by atoms with E-state index in [4.69, 9.17) is 11.5 Å². The van der Waals surface area contributed by atoms with Crippen LogP contribution in [0.1, 0.15) is 19.3 Å². The Morgan fingerprint density at radius 3 is 2.19 bits per heavy atom. The quantitative estimate of drug-likeness (QED) is 0.681. The zero-order valence-corrected chi connectivity index (χ0v) is 12.5. The lowest BCUT2D eigenvalue weighted by Gasteiger charge is -2.17.